The number of urea groups is 1. The summed E-state index contributed by atoms with van der Waals surface area (Å²) in [6, 6.07) is 4.76. The highest BCUT2D eigenvalue weighted by Gasteiger charge is 2.30. The molecule has 3 aromatic rings. The molecule has 35 heavy (non-hydrogen) atoms. The minimum absolute atomic E-state index is 0.213. The Morgan fingerprint density at radius 1 is 1.26 bits per heavy atom. The number of alkyl halides is 3. The van der Waals surface area contributed by atoms with Crippen LogP contribution < -0.4 is 10.1 Å². The van der Waals surface area contributed by atoms with Gasteiger partial charge in [-0.05, 0) is 44.9 Å². The van der Waals surface area contributed by atoms with Crippen molar-refractivity contribution in [1.29, 1.82) is 0 Å². The molecular formula is C25H30F4N4O2. The first-order valence-electron chi connectivity index (χ1n) is 11.5. The van der Waals surface area contributed by atoms with Crippen molar-refractivity contribution in [2.75, 3.05) is 13.7 Å². The van der Waals surface area contributed by atoms with Gasteiger partial charge in [0.15, 0.2) is 0 Å². The van der Waals surface area contributed by atoms with E-state index in [1.807, 2.05) is 22.7 Å². The summed E-state index contributed by atoms with van der Waals surface area (Å²) >= 11 is 0. The molecule has 2 heterocycles. The summed E-state index contributed by atoms with van der Waals surface area (Å²) in [5.41, 5.74) is 2.44. The maximum Gasteiger partial charge on any atom is 0.389 e. The number of benzene rings is 1. The number of aromatic nitrogens is 2. The highest BCUT2D eigenvalue weighted by molar-refractivity contribution is 5.76. The second kappa shape index (κ2) is 11.0. The number of fused-ring (bicyclic) bond motifs is 1. The molecule has 0 fully saturated rings. The summed E-state index contributed by atoms with van der Waals surface area (Å²) in [6.07, 6.45) is 0.183. The van der Waals surface area contributed by atoms with Gasteiger partial charge in [0.05, 0.1) is 13.2 Å². The highest BCUT2D eigenvalue weighted by atomic mass is 19.4. The van der Waals surface area contributed by atoms with Crippen LogP contribution in [0.15, 0.2) is 42.9 Å². The average Bonchev–Trinajstić information content (AvgIpc) is 3.29. The molecule has 0 saturated carbocycles. The van der Waals surface area contributed by atoms with Gasteiger partial charge in [-0.3, -0.25) is 0 Å². The lowest BCUT2D eigenvalue weighted by Gasteiger charge is -2.31. The van der Waals surface area contributed by atoms with E-state index in [1.165, 1.54) is 18.1 Å². The van der Waals surface area contributed by atoms with Gasteiger partial charge in [-0.2, -0.15) is 13.2 Å². The number of pyridine rings is 1. The molecular weight excluding hydrogens is 464 g/mol. The van der Waals surface area contributed by atoms with Crippen LogP contribution >= 0.6 is 0 Å². The number of hydrogen-bond acceptors (Lipinski definition) is 3. The third-order valence-corrected chi connectivity index (χ3v) is 6.13. The Morgan fingerprint density at radius 2 is 2.00 bits per heavy atom. The lowest BCUT2D eigenvalue weighted by molar-refractivity contribution is -0.136. The summed E-state index contributed by atoms with van der Waals surface area (Å²) in [5, 5.41) is 2.68. The standard InChI is InChI=1S/C25H30F4N4O2/c1-5-18(9-10-25(27,28)29)31-24(34)33(6-2)16(3)19-13-20(22(35-4)14-21(19)26)17-7-8-23-30-11-12-32(23)15-17/h7-8,11-16,18H,5-6,9-10H2,1-4H3,(H,31,34). The Morgan fingerprint density at radius 3 is 2.63 bits per heavy atom. The molecule has 190 valence electrons. The molecule has 3 rings (SSSR count). The zero-order valence-corrected chi connectivity index (χ0v) is 20.2. The van der Waals surface area contributed by atoms with Crippen molar-refractivity contribution in [1.82, 2.24) is 19.6 Å². The first kappa shape index (κ1) is 26.3. The molecule has 1 aromatic carbocycles. The van der Waals surface area contributed by atoms with E-state index in [4.69, 9.17) is 4.74 Å². The van der Waals surface area contributed by atoms with Crippen molar-refractivity contribution in [2.24, 2.45) is 0 Å². The number of carbonyl (C=O) groups excluding carboxylic acids is 1. The second-order valence-corrected chi connectivity index (χ2v) is 8.35. The average molecular weight is 495 g/mol. The van der Waals surface area contributed by atoms with Crippen molar-refractivity contribution >= 4 is 11.7 Å². The minimum Gasteiger partial charge on any atom is -0.496 e. The molecule has 0 spiro atoms. The molecule has 2 unspecified atom stereocenters. The quantitative estimate of drug-likeness (QED) is 0.352. The summed E-state index contributed by atoms with van der Waals surface area (Å²) in [5.74, 6) is -0.208. The highest BCUT2D eigenvalue weighted by Crippen LogP contribution is 2.36. The number of hydrogen-bond donors (Lipinski definition) is 1. The first-order valence-corrected chi connectivity index (χ1v) is 11.5. The van der Waals surface area contributed by atoms with Gasteiger partial charge in [-0.15, -0.1) is 0 Å². The third kappa shape index (κ3) is 6.23. The number of amides is 2. The molecule has 0 aliphatic rings. The summed E-state index contributed by atoms with van der Waals surface area (Å²) in [6.45, 7) is 5.38. The fourth-order valence-corrected chi connectivity index (χ4v) is 4.10. The molecule has 0 aliphatic carbocycles. The Hall–Kier alpha value is -3.30. The van der Waals surface area contributed by atoms with Crippen molar-refractivity contribution in [3.8, 4) is 16.9 Å². The van der Waals surface area contributed by atoms with E-state index in [2.05, 4.69) is 10.3 Å². The molecule has 10 heteroatoms. The van der Waals surface area contributed by atoms with Crippen molar-refractivity contribution < 1.29 is 27.1 Å². The van der Waals surface area contributed by atoms with Crippen LogP contribution in [0.2, 0.25) is 0 Å². The van der Waals surface area contributed by atoms with E-state index < -0.39 is 36.5 Å². The number of nitrogens with zero attached hydrogens (tertiary/aromatic N) is 3. The second-order valence-electron chi connectivity index (χ2n) is 8.35. The number of nitrogens with one attached hydrogen (secondary N) is 1. The number of methoxy groups -OCH3 is 1. The summed E-state index contributed by atoms with van der Waals surface area (Å²) in [4.78, 5) is 18.6. The lowest BCUT2D eigenvalue weighted by Crippen LogP contribution is -2.46. The van der Waals surface area contributed by atoms with E-state index in [9.17, 15) is 18.0 Å². The SMILES string of the molecule is CCC(CCC(F)(F)F)NC(=O)N(CC)C(C)c1cc(-c2ccc3nccn3c2)c(OC)cc1F. The van der Waals surface area contributed by atoms with Crippen LogP contribution in [0.3, 0.4) is 0 Å². The molecule has 0 aliphatic heterocycles. The molecule has 2 aromatic heterocycles. The maximum atomic E-state index is 15.1. The molecule has 0 saturated heterocycles. The van der Waals surface area contributed by atoms with E-state index in [1.54, 1.807) is 39.2 Å². The van der Waals surface area contributed by atoms with Crippen molar-refractivity contribution in [3.63, 3.8) is 0 Å². The Bertz CT molecular complexity index is 1160. The Kier molecular flexibility index (Phi) is 8.24. The number of ether oxygens (including phenoxy) is 1. The third-order valence-electron chi connectivity index (χ3n) is 6.13. The van der Waals surface area contributed by atoms with Crippen LogP contribution in [0, 0.1) is 5.82 Å². The minimum atomic E-state index is -4.29. The van der Waals surface area contributed by atoms with Gasteiger partial charge in [0.1, 0.15) is 17.2 Å². The number of halogens is 4. The topological polar surface area (TPSA) is 58.9 Å². The number of carbonyl (C=O) groups is 1. The lowest BCUT2D eigenvalue weighted by atomic mass is 9.98. The Labute approximate surface area is 201 Å². The van der Waals surface area contributed by atoms with Gasteiger partial charge in [0.25, 0.3) is 0 Å². The van der Waals surface area contributed by atoms with Gasteiger partial charge in [0.2, 0.25) is 0 Å². The van der Waals surface area contributed by atoms with E-state index >= 15 is 4.39 Å². The predicted octanol–water partition coefficient (Wildman–Crippen LogP) is 6.36. The zero-order valence-electron chi connectivity index (χ0n) is 20.2. The van der Waals surface area contributed by atoms with Crippen molar-refractivity contribution in [2.45, 2.75) is 58.3 Å². The van der Waals surface area contributed by atoms with Crippen LogP contribution in [0.4, 0.5) is 22.4 Å². The summed E-state index contributed by atoms with van der Waals surface area (Å²) in [7, 11) is 1.45. The molecule has 1 N–H and O–H groups in total. The van der Waals surface area contributed by atoms with Crippen LogP contribution in [-0.2, 0) is 0 Å². The molecule has 0 bridgehead atoms. The maximum absolute atomic E-state index is 15.1. The van der Waals surface area contributed by atoms with E-state index in [0.29, 0.717) is 17.7 Å². The predicted molar refractivity (Wildman–Crippen MR) is 126 cm³/mol. The van der Waals surface area contributed by atoms with Crippen molar-refractivity contribution in [3.05, 3.63) is 54.2 Å². The smallest absolute Gasteiger partial charge is 0.389 e. The van der Waals surface area contributed by atoms with E-state index in [0.717, 1.165) is 11.2 Å². The van der Waals surface area contributed by atoms with Crippen LogP contribution in [0.25, 0.3) is 16.8 Å². The van der Waals surface area contributed by atoms with Gasteiger partial charge < -0.3 is 19.4 Å². The van der Waals surface area contributed by atoms with Gasteiger partial charge in [-0.1, -0.05) is 6.92 Å². The molecule has 2 atom stereocenters. The van der Waals surface area contributed by atoms with Gasteiger partial charge in [0, 0.05) is 60.4 Å². The monoisotopic (exact) mass is 494 g/mol. The molecule has 6 nitrogen and oxygen atoms in total. The number of imidazole rings is 1. The van der Waals surface area contributed by atoms with Gasteiger partial charge >= 0.3 is 12.2 Å². The van der Waals surface area contributed by atoms with Crippen LogP contribution in [-0.4, -0.2) is 46.2 Å². The van der Waals surface area contributed by atoms with Gasteiger partial charge in [-0.25, -0.2) is 14.2 Å². The molecule has 2 amide bonds. The zero-order chi connectivity index (χ0) is 25.8. The normalized spacial score (nSPS) is 13.5. The molecule has 0 radical (unpaired) electrons. The number of rotatable bonds is 9. The first-order chi connectivity index (χ1) is 16.6. The fraction of sp³-hybridized carbons (Fsp3) is 0.440. The van der Waals surface area contributed by atoms with E-state index in [-0.39, 0.29) is 18.5 Å². The largest absolute Gasteiger partial charge is 0.496 e. The van der Waals surface area contributed by atoms with Crippen LogP contribution in [0.5, 0.6) is 5.75 Å². The fourth-order valence-electron chi connectivity index (χ4n) is 4.10. The Balaban J connectivity index is 1.89. The van der Waals surface area contributed by atoms with Crippen LogP contribution in [0.1, 0.15) is 51.6 Å². The summed E-state index contributed by atoms with van der Waals surface area (Å²) < 4.78 is 60.3.